The van der Waals surface area contributed by atoms with Gasteiger partial charge in [0.25, 0.3) is 5.91 Å². The highest BCUT2D eigenvalue weighted by atomic mass is 35.5. The van der Waals surface area contributed by atoms with E-state index in [0.717, 1.165) is 28.8 Å². The molecule has 3 rings (SSSR count). The zero-order valence-electron chi connectivity index (χ0n) is 12.8. The number of amidine groups is 1. The van der Waals surface area contributed by atoms with Crippen LogP contribution < -0.4 is 4.90 Å². The molecule has 1 saturated heterocycles. The third kappa shape index (κ3) is 3.56. The second-order valence-electron chi connectivity index (χ2n) is 5.31. The zero-order chi connectivity index (χ0) is 19.1. The molecule has 0 aliphatic carbocycles. The number of halogens is 4. The van der Waals surface area contributed by atoms with Gasteiger partial charge in [0.2, 0.25) is 0 Å². The Kier molecular flexibility index (Phi) is 4.72. The van der Waals surface area contributed by atoms with E-state index in [1.165, 1.54) is 36.4 Å². The van der Waals surface area contributed by atoms with E-state index in [1.54, 1.807) is 0 Å². The molecule has 0 spiro atoms. The van der Waals surface area contributed by atoms with Crippen molar-refractivity contribution in [1.29, 1.82) is 5.41 Å². The van der Waals surface area contributed by atoms with Gasteiger partial charge in [-0.25, -0.2) is 0 Å². The second-order valence-corrected chi connectivity index (χ2v) is 6.77. The van der Waals surface area contributed by atoms with Gasteiger partial charge in [-0.1, -0.05) is 17.7 Å². The average molecular weight is 399 g/mol. The first-order chi connectivity index (χ1) is 12.2. The summed E-state index contributed by atoms with van der Waals surface area (Å²) < 4.78 is 38.6. The highest BCUT2D eigenvalue weighted by molar-refractivity contribution is 8.19. The van der Waals surface area contributed by atoms with E-state index in [0.29, 0.717) is 5.02 Å². The van der Waals surface area contributed by atoms with Crippen LogP contribution in [0, 0.1) is 5.41 Å². The molecule has 0 unspecified atom stereocenters. The summed E-state index contributed by atoms with van der Waals surface area (Å²) in [6.45, 7) is 0. The van der Waals surface area contributed by atoms with E-state index in [4.69, 9.17) is 17.0 Å². The molecule has 9 heteroatoms. The van der Waals surface area contributed by atoms with Gasteiger partial charge in [-0.05, 0) is 54.2 Å². The van der Waals surface area contributed by atoms with Crippen molar-refractivity contribution in [3.63, 3.8) is 0 Å². The van der Waals surface area contributed by atoms with Crippen molar-refractivity contribution in [2.45, 2.75) is 6.18 Å². The molecular weight excluding hydrogens is 389 g/mol. The standard InChI is InChI=1S/C17H10ClF3N2O2S/c18-11-4-5-13(24)9(6-11)7-14-15(25)23(16(22)26-14)12-3-1-2-10(8-12)17(19,20)21/h1-8,22,24H/b14-7-,22-16?. The molecule has 1 fully saturated rings. The first kappa shape index (κ1) is 18.3. The first-order valence-corrected chi connectivity index (χ1v) is 8.34. The third-order valence-corrected chi connectivity index (χ3v) is 4.65. The maximum atomic E-state index is 12.9. The lowest BCUT2D eigenvalue weighted by atomic mass is 10.1. The third-order valence-electron chi connectivity index (χ3n) is 3.53. The van der Waals surface area contributed by atoms with Crippen molar-refractivity contribution in [2.24, 2.45) is 0 Å². The second kappa shape index (κ2) is 6.69. The lowest BCUT2D eigenvalue weighted by molar-refractivity contribution is -0.137. The van der Waals surface area contributed by atoms with Gasteiger partial charge in [0.15, 0.2) is 5.17 Å². The number of alkyl halides is 3. The Labute approximate surface area is 155 Å². The van der Waals surface area contributed by atoms with Gasteiger partial charge in [0.1, 0.15) is 5.75 Å². The Morgan fingerprint density at radius 1 is 1.19 bits per heavy atom. The highest BCUT2D eigenvalue weighted by Crippen LogP contribution is 2.38. The van der Waals surface area contributed by atoms with E-state index in [2.05, 4.69) is 0 Å². The quantitative estimate of drug-likeness (QED) is 0.690. The summed E-state index contributed by atoms with van der Waals surface area (Å²) in [5.74, 6) is -0.766. The molecule has 134 valence electrons. The van der Waals surface area contributed by atoms with E-state index in [-0.39, 0.29) is 27.1 Å². The highest BCUT2D eigenvalue weighted by Gasteiger charge is 2.36. The van der Waals surface area contributed by atoms with Crippen LogP contribution in [0.2, 0.25) is 5.02 Å². The van der Waals surface area contributed by atoms with E-state index >= 15 is 0 Å². The van der Waals surface area contributed by atoms with Gasteiger partial charge in [-0.3, -0.25) is 15.1 Å². The van der Waals surface area contributed by atoms with Crippen molar-refractivity contribution in [3.05, 3.63) is 63.5 Å². The Morgan fingerprint density at radius 2 is 1.92 bits per heavy atom. The number of carbonyl (C=O) groups excluding carboxylic acids is 1. The van der Waals surface area contributed by atoms with Crippen LogP contribution in [0.5, 0.6) is 5.75 Å². The fourth-order valence-corrected chi connectivity index (χ4v) is 3.36. The maximum Gasteiger partial charge on any atom is 0.416 e. The van der Waals surface area contributed by atoms with Gasteiger partial charge in [-0.2, -0.15) is 13.2 Å². The van der Waals surface area contributed by atoms with Crippen LogP contribution in [0.3, 0.4) is 0 Å². The zero-order valence-corrected chi connectivity index (χ0v) is 14.4. The van der Waals surface area contributed by atoms with Crippen molar-refractivity contribution in [1.82, 2.24) is 0 Å². The molecule has 1 amide bonds. The van der Waals surface area contributed by atoms with Crippen molar-refractivity contribution < 1.29 is 23.1 Å². The minimum Gasteiger partial charge on any atom is -0.507 e. The number of hydrogen-bond donors (Lipinski definition) is 2. The minimum atomic E-state index is -4.56. The smallest absolute Gasteiger partial charge is 0.416 e. The number of carbonyl (C=O) groups is 1. The van der Waals surface area contributed by atoms with E-state index < -0.39 is 17.6 Å². The number of nitrogens with one attached hydrogen (secondary N) is 1. The fraction of sp³-hybridized carbons (Fsp3) is 0.0588. The number of amides is 1. The number of phenolic OH excluding ortho intramolecular Hbond substituents is 1. The Bertz CT molecular complexity index is 944. The molecule has 1 heterocycles. The molecule has 2 aromatic rings. The first-order valence-electron chi connectivity index (χ1n) is 7.15. The number of aromatic hydroxyl groups is 1. The molecule has 0 radical (unpaired) electrons. The molecule has 2 N–H and O–H groups in total. The van der Waals surface area contributed by atoms with Gasteiger partial charge in [-0.15, -0.1) is 0 Å². The van der Waals surface area contributed by atoms with Gasteiger partial charge in [0, 0.05) is 10.6 Å². The summed E-state index contributed by atoms with van der Waals surface area (Å²) in [5.41, 5.74) is -0.696. The summed E-state index contributed by atoms with van der Waals surface area (Å²) in [6.07, 6.45) is -3.21. The molecule has 26 heavy (non-hydrogen) atoms. The molecule has 1 aliphatic rings. The fourth-order valence-electron chi connectivity index (χ4n) is 2.33. The summed E-state index contributed by atoms with van der Waals surface area (Å²) in [4.78, 5) is 13.5. The van der Waals surface area contributed by atoms with Crippen molar-refractivity contribution in [2.75, 3.05) is 4.90 Å². The van der Waals surface area contributed by atoms with Crippen LogP contribution in [-0.4, -0.2) is 16.2 Å². The molecule has 0 aromatic heterocycles. The average Bonchev–Trinajstić information content (AvgIpc) is 2.84. The largest absolute Gasteiger partial charge is 0.507 e. The summed E-state index contributed by atoms with van der Waals surface area (Å²) in [6, 6.07) is 8.47. The number of hydrogen-bond acceptors (Lipinski definition) is 4. The van der Waals surface area contributed by atoms with Gasteiger partial charge >= 0.3 is 6.18 Å². The SMILES string of the molecule is N=C1S/C(=C\c2cc(Cl)ccc2O)C(=O)N1c1cccc(C(F)(F)F)c1. The molecule has 1 aliphatic heterocycles. The van der Waals surface area contributed by atoms with E-state index in [1.807, 2.05) is 0 Å². The van der Waals surface area contributed by atoms with Crippen molar-refractivity contribution in [3.8, 4) is 5.75 Å². The van der Waals surface area contributed by atoms with Gasteiger partial charge < -0.3 is 5.11 Å². The number of benzene rings is 2. The number of thioether (sulfide) groups is 1. The van der Waals surface area contributed by atoms with Crippen LogP contribution in [0.1, 0.15) is 11.1 Å². The predicted molar refractivity (Wildman–Crippen MR) is 95.3 cm³/mol. The molecule has 2 aromatic carbocycles. The topological polar surface area (TPSA) is 64.4 Å². The molecular formula is C17H10ClF3N2O2S. The number of rotatable bonds is 2. The molecule has 0 saturated carbocycles. The van der Waals surface area contributed by atoms with Gasteiger partial charge in [0.05, 0.1) is 16.2 Å². The lowest BCUT2D eigenvalue weighted by Gasteiger charge is -2.16. The maximum absolute atomic E-state index is 12.9. The normalized spacial score (nSPS) is 16.6. The Hall–Kier alpha value is -2.45. The van der Waals surface area contributed by atoms with Crippen LogP contribution in [0.25, 0.3) is 6.08 Å². The monoisotopic (exact) mass is 398 g/mol. The lowest BCUT2D eigenvalue weighted by Crippen LogP contribution is -2.28. The number of nitrogens with zero attached hydrogens (tertiary/aromatic N) is 1. The minimum absolute atomic E-state index is 0.0546. The molecule has 4 nitrogen and oxygen atoms in total. The van der Waals surface area contributed by atoms with Crippen LogP contribution in [0.15, 0.2) is 47.4 Å². The van der Waals surface area contributed by atoms with Crippen LogP contribution >= 0.6 is 23.4 Å². The molecule has 0 bridgehead atoms. The predicted octanol–water partition coefficient (Wildman–Crippen LogP) is 5.12. The summed E-state index contributed by atoms with van der Waals surface area (Å²) >= 11 is 6.65. The van der Waals surface area contributed by atoms with Crippen molar-refractivity contribution >= 4 is 46.2 Å². The summed E-state index contributed by atoms with van der Waals surface area (Å²) in [7, 11) is 0. The van der Waals surface area contributed by atoms with Crippen LogP contribution in [0.4, 0.5) is 18.9 Å². The summed E-state index contributed by atoms with van der Waals surface area (Å²) in [5, 5.41) is 17.9. The Morgan fingerprint density at radius 3 is 2.62 bits per heavy atom. The number of phenols is 1. The van der Waals surface area contributed by atoms with Crippen LogP contribution in [-0.2, 0) is 11.0 Å². The Balaban J connectivity index is 1.97. The molecule has 0 atom stereocenters. The number of anilines is 1. The van der Waals surface area contributed by atoms with E-state index in [9.17, 15) is 23.1 Å².